The standard InChI is InChI=1S/C25H24B2F2N4O2/c1-13(2)35-21-7-6-15(17-11-32(3)31-22(17)21)14-9-19(28)18(20(29)10-14)12-33-24(34)16-5-4-8-30-23(16)25(33,26)27/h4-11,13H,12,26-27H2,1-3H3. The van der Waals surface area contributed by atoms with Crippen molar-refractivity contribution in [3.05, 3.63) is 77.2 Å². The quantitative estimate of drug-likeness (QED) is 0.420. The van der Waals surface area contributed by atoms with Crippen molar-refractivity contribution in [2.45, 2.75) is 31.8 Å². The Bertz CT molecular complexity index is 1460. The number of rotatable bonds is 5. The SMILES string of the molecule is BC1(B)c2ncccc2C(=O)N1Cc1c(F)cc(-c2ccc(OC(C)C)c3nn(C)cc23)cc1F. The fourth-order valence-electron chi connectivity index (χ4n) is 4.73. The van der Waals surface area contributed by atoms with Crippen molar-refractivity contribution in [2.75, 3.05) is 0 Å². The fourth-order valence-corrected chi connectivity index (χ4v) is 4.73. The molecule has 35 heavy (non-hydrogen) atoms. The smallest absolute Gasteiger partial charge is 0.255 e. The lowest BCUT2D eigenvalue weighted by Gasteiger charge is -2.32. The Balaban J connectivity index is 1.53. The number of carbonyl (C=O) groups is 1. The number of halogens is 2. The third-order valence-electron chi connectivity index (χ3n) is 6.42. The minimum Gasteiger partial charge on any atom is -0.489 e. The second-order valence-corrected chi connectivity index (χ2v) is 9.61. The molecule has 0 saturated carbocycles. The molecular formula is C25H24B2F2N4O2. The molecule has 176 valence electrons. The maximum absolute atomic E-state index is 15.4. The summed E-state index contributed by atoms with van der Waals surface area (Å²) >= 11 is 0. The third kappa shape index (κ3) is 3.77. The van der Waals surface area contributed by atoms with Crippen molar-refractivity contribution in [3.8, 4) is 16.9 Å². The molecule has 10 heteroatoms. The average Bonchev–Trinajstić information content (AvgIpc) is 3.27. The van der Waals surface area contributed by atoms with Crippen molar-refractivity contribution >= 4 is 32.5 Å². The lowest BCUT2D eigenvalue weighted by Crippen LogP contribution is -2.45. The first-order valence-corrected chi connectivity index (χ1v) is 11.5. The number of fused-ring (bicyclic) bond motifs is 2. The summed E-state index contributed by atoms with van der Waals surface area (Å²) in [7, 11) is 5.44. The summed E-state index contributed by atoms with van der Waals surface area (Å²) in [6.45, 7) is 3.64. The van der Waals surface area contributed by atoms with Gasteiger partial charge in [0.15, 0.2) is 0 Å². The van der Waals surface area contributed by atoms with E-state index in [2.05, 4.69) is 10.1 Å². The number of aromatic nitrogens is 3. The van der Waals surface area contributed by atoms with E-state index in [1.165, 1.54) is 17.0 Å². The number of amides is 1. The van der Waals surface area contributed by atoms with Gasteiger partial charge in [0.1, 0.15) is 38.6 Å². The van der Waals surface area contributed by atoms with Crippen LogP contribution in [0.1, 0.15) is 35.5 Å². The summed E-state index contributed by atoms with van der Waals surface area (Å²) in [5.41, 5.74) is 2.55. The molecule has 4 aromatic rings. The van der Waals surface area contributed by atoms with E-state index >= 15 is 8.78 Å². The first-order valence-electron chi connectivity index (χ1n) is 11.5. The van der Waals surface area contributed by atoms with Crippen LogP contribution in [0.15, 0.2) is 48.8 Å². The first kappa shape index (κ1) is 23.1. The lowest BCUT2D eigenvalue weighted by molar-refractivity contribution is 0.0727. The van der Waals surface area contributed by atoms with Crippen LogP contribution in [0.3, 0.4) is 0 Å². The number of carbonyl (C=O) groups excluding carboxylic acids is 1. The summed E-state index contributed by atoms with van der Waals surface area (Å²) in [5, 5.41) is 4.42. The van der Waals surface area contributed by atoms with Crippen molar-refractivity contribution in [1.82, 2.24) is 19.7 Å². The number of benzene rings is 2. The predicted molar refractivity (Wildman–Crippen MR) is 135 cm³/mol. The fraction of sp³-hybridized carbons (Fsp3) is 0.240. The number of pyridine rings is 1. The molecule has 0 fully saturated rings. The second-order valence-electron chi connectivity index (χ2n) is 9.61. The van der Waals surface area contributed by atoms with Crippen LogP contribution in [0, 0.1) is 11.6 Å². The van der Waals surface area contributed by atoms with Crippen molar-refractivity contribution in [2.24, 2.45) is 7.05 Å². The van der Waals surface area contributed by atoms with Gasteiger partial charge in [-0.3, -0.25) is 14.5 Å². The monoisotopic (exact) mass is 472 g/mol. The largest absolute Gasteiger partial charge is 0.489 e. The molecule has 0 N–H and O–H groups in total. The molecule has 2 aromatic heterocycles. The summed E-state index contributed by atoms with van der Waals surface area (Å²) in [6, 6.07) is 9.54. The van der Waals surface area contributed by atoms with Gasteiger partial charge in [-0.25, -0.2) is 8.78 Å². The van der Waals surface area contributed by atoms with E-state index in [9.17, 15) is 4.79 Å². The molecule has 0 saturated heterocycles. The molecule has 1 amide bonds. The van der Waals surface area contributed by atoms with E-state index < -0.39 is 17.0 Å². The molecule has 1 aliphatic heterocycles. The van der Waals surface area contributed by atoms with Gasteiger partial charge in [-0.05, 0) is 61.4 Å². The van der Waals surface area contributed by atoms with Crippen LogP contribution in [0.4, 0.5) is 8.78 Å². The number of nitrogens with zero attached hydrogens (tertiary/aromatic N) is 4. The van der Waals surface area contributed by atoms with Crippen LogP contribution in [0.25, 0.3) is 22.0 Å². The van der Waals surface area contributed by atoms with Gasteiger partial charge in [0.2, 0.25) is 0 Å². The minimum absolute atomic E-state index is 0.0425. The molecule has 6 nitrogen and oxygen atoms in total. The Labute approximate surface area is 203 Å². The zero-order valence-electron chi connectivity index (χ0n) is 20.3. The molecule has 1 aliphatic rings. The average molecular weight is 472 g/mol. The number of ether oxygens (including phenoxy) is 1. The van der Waals surface area contributed by atoms with Crippen LogP contribution in [0.5, 0.6) is 5.75 Å². The van der Waals surface area contributed by atoms with E-state index in [4.69, 9.17) is 4.74 Å². The number of hydrogen-bond acceptors (Lipinski definition) is 4. The summed E-state index contributed by atoms with van der Waals surface area (Å²) in [4.78, 5) is 18.8. The van der Waals surface area contributed by atoms with Gasteiger partial charge in [0.05, 0.1) is 23.9 Å². The highest BCUT2D eigenvalue weighted by Crippen LogP contribution is 2.38. The van der Waals surface area contributed by atoms with Crippen LogP contribution in [-0.4, -0.2) is 47.4 Å². The van der Waals surface area contributed by atoms with Crippen LogP contribution >= 0.6 is 0 Å². The van der Waals surface area contributed by atoms with Crippen molar-refractivity contribution in [3.63, 3.8) is 0 Å². The highest BCUT2D eigenvalue weighted by molar-refractivity contribution is 6.42. The minimum atomic E-state index is -0.792. The van der Waals surface area contributed by atoms with E-state index in [0.29, 0.717) is 33.7 Å². The summed E-state index contributed by atoms with van der Waals surface area (Å²) in [5.74, 6) is -1.11. The number of aryl methyl sites for hydroxylation is 1. The molecule has 0 radical (unpaired) electrons. The van der Waals surface area contributed by atoms with Crippen LogP contribution in [-0.2, 0) is 18.9 Å². The Kier molecular flexibility index (Phi) is 5.42. The molecular weight excluding hydrogens is 448 g/mol. The van der Waals surface area contributed by atoms with Gasteiger partial charge in [0, 0.05) is 35.7 Å². The molecule has 0 bridgehead atoms. The maximum Gasteiger partial charge on any atom is 0.255 e. The topological polar surface area (TPSA) is 60.3 Å². The van der Waals surface area contributed by atoms with E-state index in [1.807, 2.05) is 29.5 Å². The molecule has 3 heterocycles. The predicted octanol–water partition coefficient (Wildman–Crippen LogP) is 2.73. The summed E-state index contributed by atoms with van der Waals surface area (Å²) in [6.07, 6.45) is 3.38. The molecule has 0 unspecified atom stereocenters. The highest BCUT2D eigenvalue weighted by Gasteiger charge is 2.44. The Morgan fingerprint density at radius 1 is 1.11 bits per heavy atom. The lowest BCUT2D eigenvalue weighted by atomic mass is 9.59. The van der Waals surface area contributed by atoms with Crippen molar-refractivity contribution in [1.29, 1.82) is 0 Å². The van der Waals surface area contributed by atoms with Gasteiger partial charge in [-0.1, -0.05) is 0 Å². The second kappa shape index (κ2) is 8.22. The van der Waals surface area contributed by atoms with Crippen molar-refractivity contribution < 1.29 is 18.3 Å². The van der Waals surface area contributed by atoms with Gasteiger partial charge >= 0.3 is 0 Å². The normalized spacial score (nSPS) is 14.7. The molecule has 5 rings (SSSR count). The van der Waals surface area contributed by atoms with Gasteiger partial charge in [-0.15, -0.1) is 0 Å². The molecule has 0 aliphatic carbocycles. The van der Waals surface area contributed by atoms with Crippen LogP contribution < -0.4 is 4.74 Å². The Morgan fingerprint density at radius 2 is 1.83 bits per heavy atom. The molecule has 0 spiro atoms. The van der Waals surface area contributed by atoms with E-state index in [0.717, 1.165) is 5.39 Å². The zero-order chi connectivity index (χ0) is 25.1. The van der Waals surface area contributed by atoms with Gasteiger partial charge in [0.25, 0.3) is 5.91 Å². The third-order valence-corrected chi connectivity index (χ3v) is 6.42. The molecule has 0 atom stereocenters. The summed E-state index contributed by atoms with van der Waals surface area (Å²) < 4.78 is 38.3. The Morgan fingerprint density at radius 3 is 2.49 bits per heavy atom. The maximum atomic E-state index is 15.4. The highest BCUT2D eigenvalue weighted by atomic mass is 19.1. The number of hydrogen-bond donors (Lipinski definition) is 0. The Hall–Kier alpha value is -3.68. The van der Waals surface area contributed by atoms with Gasteiger partial charge < -0.3 is 9.64 Å². The van der Waals surface area contributed by atoms with Gasteiger partial charge in [-0.2, -0.15) is 5.10 Å². The molecule has 2 aromatic carbocycles. The van der Waals surface area contributed by atoms with E-state index in [1.54, 1.807) is 48.4 Å². The van der Waals surface area contributed by atoms with Crippen LogP contribution in [0.2, 0.25) is 0 Å². The first-order chi connectivity index (χ1) is 16.6. The zero-order valence-corrected chi connectivity index (χ0v) is 20.3. The van der Waals surface area contributed by atoms with E-state index in [-0.39, 0.29) is 24.1 Å².